The topological polar surface area (TPSA) is 76.7 Å². The number of hydrogen-bond donors (Lipinski definition) is 1. The van der Waals surface area contributed by atoms with E-state index in [9.17, 15) is 9.90 Å². The molecule has 0 spiro atoms. The van der Waals surface area contributed by atoms with Gasteiger partial charge in [0.05, 0.1) is 23.0 Å². The SMILES string of the molecule is O=c1c(Cc2cccnc2)cn2c3cc(Br)ccc3c3cc(OCc4cncc(CO)c4)cc1c32. The summed E-state index contributed by atoms with van der Waals surface area (Å²) in [4.78, 5) is 22.0. The van der Waals surface area contributed by atoms with E-state index in [0.717, 1.165) is 43.0 Å². The summed E-state index contributed by atoms with van der Waals surface area (Å²) in [6, 6.07) is 15.7. The van der Waals surface area contributed by atoms with Gasteiger partial charge in [-0.25, -0.2) is 0 Å². The molecule has 0 saturated heterocycles. The Morgan fingerprint density at radius 3 is 2.57 bits per heavy atom. The van der Waals surface area contributed by atoms with Gasteiger partial charge in [-0.2, -0.15) is 0 Å². The fourth-order valence-corrected chi connectivity index (χ4v) is 4.97. The molecule has 4 heterocycles. The van der Waals surface area contributed by atoms with Gasteiger partial charge >= 0.3 is 0 Å². The van der Waals surface area contributed by atoms with Crippen molar-refractivity contribution in [2.45, 2.75) is 19.6 Å². The van der Waals surface area contributed by atoms with E-state index in [2.05, 4.69) is 42.4 Å². The summed E-state index contributed by atoms with van der Waals surface area (Å²) in [6.45, 7) is 0.203. The van der Waals surface area contributed by atoms with Crippen molar-refractivity contribution in [3.63, 3.8) is 0 Å². The second kappa shape index (κ2) is 8.76. The Morgan fingerprint density at radius 1 is 0.914 bits per heavy atom. The first kappa shape index (κ1) is 21.7. The van der Waals surface area contributed by atoms with Crippen LogP contribution in [0.15, 0.2) is 88.8 Å². The van der Waals surface area contributed by atoms with E-state index in [-0.39, 0.29) is 18.6 Å². The number of nitrogens with zero attached hydrogens (tertiary/aromatic N) is 3. The molecule has 2 aromatic carbocycles. The molecule has 6 aromatic rings. The van der Waals surface area contributed by atoms with E-state index in [1.165, 1.54) is 0 Å². The van der Waals surface area contributed by atoms with Crippen LogP contribution in [0.2, 0.25) is 0 Å². The number of aromatic nitrogens is 3. The van der Waals surface area contributed by atoms with Crippen LogP contribution in [0.4, 0.5) is 0 Å². The molecule has 6 rings (SSSR count). The van der Waals surface area contributed by atoms with Crippen molar-refractivity contribution in [3.05, 3.63) is 116 Å². The van der Waals surface area contributed by atoms with Crippen LogP contribution in [0.25, 0.3) is 27.2 Å². The van der Waals surface area contributed by atoms with Crippen LogP contribution in [-0.2, 0) is 19.6 Å². The minimum atomic E-state index is -0.0768. The Morgan fingerprint density at radius 2 is 1.74 bits per heavy atom. The average Bonchev–Trinajstić information content (AvgIpc) is 3.19. The Balaban J connectivity index is 1.52. The highest BCUT2D eigenvalue weighted by atomic mass is 79.9. The van der Waals surface area contributed by atoms with Gasteiger partial charge in [-0.3, -0.25) is 14.8 Å². The first-order valence-corrected chi connectivity index (χ1v) is 12.0. The number of hydrogen-bond acceptors (Lipinski definition) is 5. The number of ether oxygens (including phenoxy) is 1. The second-order valence-electron chi connectivity index (χ2n) is 8.57. The number of aliphatic hydroxyl groups is 1. The summed E-state index contributed by atoms with van der Waals surface area (Å²) in [5, 5.41) is 12.0. The Bertz CT molecular complexity index is 1750. The minimum Gasteiger partial charge on any atom is -0.489 e. The number of halogens is 1. The quantitative estimate of drug-likeness (QED) is 0.321. The largest absolute Gasteiger partial charge is 0.489 e. The lowest BCUT2D eigenvalue weighted by molar-refractivity contribution is 0.279. The van der Waals surface area contributed by atoms with E-state index in [0.29, 0.717) is 23.1 Å². The Labute approximate surface area is 208 Å². The van der Waals surface area contributed by atoms with Crippen molar-refractivity contribution >= 4 is 43.1 Å². The van der Waals surface area contributed by atoms with Crippen LogP contribution in [0.3, 0.4) is 0 Å². The van der Waals surface area contributed by atoms with Crippen LogP contribution in [-0.4, -0.2) is 19.5 Å². The van der Waals surface area contributed by atoms with Gasteiger partial charge in [-0.05, 0) is 47.5 Å². The zero-order valence-corrected chi connectivity index (χ0v) is 20.2. The zero-order chi connectivity index (χ0) is 23.9. The number of benzene rings is 2. The molecule has 0 radical (unpaired) electrons. The average molecular weight is 526 g/mol. The molecule has 0 bridgehead atoms. The molecule has 172 valence electrons. The van der Waals surface area contributed by atoms with Crippen LogP contribution in [0, 0.1) is 0 Å². The molecule has 0 aliphatic carbocycles. The third kappa shape index (κ3) is 3.92. The highest BCUT2D eigenvalue weighted by Crippen LogP contribution is 2.36. The van der Waals surface area contributed by atoms with Gasteiger partial charge in [-0.15, -0.1) is 0 Å². The van der Waals surface area contributed by atoms with Gasteiger partial charge in [-0.1, -0.05) is 28.1 Å². The number of fused-ring (bicyclic) bond motifs is 3. The lowest BCUT2D eigenvalue weighted by Crippen LogP contribution is -2.12. The number of pyridine rings is 3. The standard InChI is InChI=1S/C28H20BrN3O3/c29-21-3-4-23-24-9-22(35-16-19-6-18(15-33)12-31-13-19)10-25-27(24)32(26(23)8-21)14-20(28(25)34)7-17-2-1-5-30-11-17/h1-6,8-14,33H,7,15-16H2. The lowest BCUT2D eigenvalue weighted by atomic mass is 10.0. The van der Waals surface area contributed by atoms with Crippen LogP contribution in [0.5, 0.6) is 5.75 Å². The summed E-state index contributed by atoms with van der Waals surface area (Å²) >= 11 is 3.59. The maximum atomic E-state index is 13.7. The molecule has 0 atom stereocenters. The predicted molar refractivity (Wildman–Crippen MR) is 139 cm³/mol. The van der Waals surface area contributed by atoms with E-state index in [1.54, 1.807) is 24.8 Å². The van der Waals surface area contributed by atoms with Gasteiger partial charge in [0.2, 0.25) is 0 Å². The van der Waals surface area contributed by atoms with E-state index in [1.807, 2.05) is 42.6 Å². The van der Waals surface area contributed by atoms with Crippen molar-refractivity contribution in [3.8, 4) is 5.75 Å². The molecule has 0 saturated carbocycles. The maximum Gasteiger partial charge on any atom is 0.193 e. The molecule has 0 aliphatic rings. The maximum absolute atomic E-state index is 13.7. The first-order chi connectivity index (χ1) is 17.1. The minimum absolute atomic E-state index is 0.0115. The third-order valence-corrected chi connectivity index (χ3v) is 6.71. The smallest absolute Gasteiger partial charge is 0.193 e. The van der Waals surface area contributed by atoms with Gasteiger partial charge in [0.15, 0.2) is 5.43 Å². The Hall–Kier alpha value is -3.81. The summed E-state index contributed by atoms with van der Waals surface area (Å²) in [6.07, 6.45) is 9.30. The number of aliphatic hydroxyl groups excluding tert-OH is 1. The molecule has 1 N–H and O–H groups in total. The van der Waals surface area contributed by atoms with Crippen molar-refractivity contribution in [2.75, 3.05) is 0 Å². The highest BCUT2D eigenvalue weighted by Gasteiger charge is 2.18. The van der Waals surface area contributed by atoms with Gasteiger partial charge in [0, 0.05) is 63.8 Å². The lowest BCUT2D eigenvalue weighted by Gasteiger charge is -2.10. The van der Waals surface area contributed by atoms with Crippen LogP contribution in [0.1, 0.15) is 22.3 Å². The van der Waals surface area contributed by atoms with E-state index >= 15 is 0 Å². The van der Waals surface area contributed by atoms with Crippen molar-refractivity contribution in [1.29, 1.82) is 0 Å². The van der Waals surface area contributed by atoms with E-state index in [4.69, 9.17) is 4.74 Å². The molecule has 0 unspecified atom stereocenters. The summed E-state index contributed by atoms with van der Waals surface area (Å²) in [5.74, 6) is 0.611. The molecule has 0 amide bonds. The predicted octanol–water partition coefficient (Wildman–Crippen LogP) is 5.26. The molecule has 4 aromatic heterocycles. The van der Waals surface area contributed by atoms with Crippen molar-refractivity contribution in [1.82, 2.24) is 14.4 Å². The summed E-state index contributed by atoms with van der Waals surface area (Å²) in [5.41, 5.74) is 5.14. The fraction of sp³-hybridized carbons (Fsp3) is 0.107. The number of rotatable bonds is 6. The van der Waals surface area contributed by atoms with Gasteiger partial charge in [0.1, 0.15) is 12.4 Å². The molecule has 35 heavy (non-hydrogen) atoms. The van der Waals surface area contributed by atoms with Crippen molar-refractivity contribution in [2.24, 2.45) is 0 Å². The van der Waals surface area contributed by atoms with Crippen LogP contribution < -0.4 is 10.2 Å². The summed E-state index contributed by atoms with van der Waals surface area (Å²) < 4.78 is 9.21. The fourth-order valence-electron chi connectivity index (χ4n) is 4.63. The monoisotopic (exact) mass is 525 g/mol. The molecule has 7 heteroatoms. The third-order valence-electron chi connectivity index (χ3n) is 6.21. The van der Waals surface area contributed by atoms with Crippen LogP contribution >= 0.6 is 15.9 Å². The molecule has 6 nitrogen and oxygen atoms in total. The van der Waals surface area contributed by atoms with Gasteiger partial charge in [0.25, 0.3) is 0 Å². The Kier molecular flexibility index (Phi) is 5.43. The van der Waals surface area contributed by atoms with E-state index < -0.39 is 0 Å². The molecule has 0 aliphatic heterocycles. The highest BCUT2D eigenvalue weighted by molar-refractivity contribution is 9.10. The first-order valence-electron chi connectivity index (χ1n) is 11.2. The second-order valence-corrected chi connectivity index (χ2v) is 9.48. The van der Waals surface area contributed by atoms with Gasteiger partial charge < -0.3 is 14.2 Å². The molecular weight excluding hydrogens is 506 g/mol. The summed E-state index contributed by atoms with van der Waals surface area (Å²) in [7, 11) is 0. The molecular formula is C28H20BrN3O3. The van der Waals surface area contributed by atoms with Crippen molar-refractivity contribution < 1.29 is 9.84 Å². The zero-order valence-electron chi connectivity index (χ0n) is 18.6. The normalized spacial score (nSPS) is 11.6. The molecule has 0 fully saturated rings.